The molecule has 4 heterocycles. The van der Waals surface area contributed by atoms with Crippen LogP contribution in [-0.2, 0) is 5.41 Å². The first-order valence-corrected chi connectivity index (χ1v) is 16.2. The molecule has 7 nitrogen and oxygen atoms in total. The van der Waals surface area contributed by atoms with E-state index < -0.39 is 0 Å². The third-order valence-corrected chi connectivity index (χ3v) is 9.61. The smallest absolute Gasteiger partial charge is 0.155 e. The SMILES string of the molecule is CN1C=NN(c2cccc(N(c3ccc4c5ccccc5n(-c5ccccn5)c4c3)c3cccc4c3Oc3ccccc3C4(C)C)c2)C1. The lowest BCUT2D eigenvalue weighted by Gasteiger charge is -2.37. The molecule has 0 saturated carbocycles. The van der Waals surface area contributed by atoms with Gasteiger partial charge < -0.3 is 14.5 Å². The van der Waals surface area contributed by atoms with Crippen molar-refractivity contribution in [3.8, 4) is 17.3 Å². The average Bonchev–Trinajstić information content (AvgIpc) is 3.70. The van der Waals surface area contributed by atoms with E-state index in [0.717, 1.165) is 56.7 Å². The number of fused-ring (bicyclic) bond motifs is 5. The molecule has 0 amide bonds. The van der Waals surface area contributed by atoms with Crippen molar-refractivity contribution in [1.82, 2.24) is 14.5 Å². The van der Waals surface area contributed by atoms with E-state index in [1.54, 1.807) is 0 Å². The lowest BCUT2D eigenvalue weighted by atomic mass is 9.75. The molecule has 0 spiro atoms. The van der Waals surface area contributed by atoms with Crippen LogP contribution in [0, 0.1) is 0 Å². The molecule has 0 radical (unpaired) electrons. The molecule has 2 aromatic heterocycles. The molecule has 0 atom stereocenters. The first kappa shape index (κ1) is 28.2. The third kappa shape index (κ3) is 4.35. The molecule has 2 aliphatic rings. The molecular weight excluding hydrogens is 592 g/mol. The number of hydrazone groups is 1. The van der Waals surface area contributed by atoms with Gasteiger partial charge >= 0.3 is 0 Å². The van der Waals surface area contributed by atoms with E-state index in [-0.39, 0.29) is 5.41 Å². The van der Waals surface area contributed by atoms with E-state index in [1.807, 2.05) is 42.8 Å². The number of nitrogens with zero attached hydrogens (tertiary/aromatic N) is 6. The van der Waals surface area contributed by atoms with Crippen molar-refractivity contribution in [2.75, 3.05) is 23.6 Å². The second kappa shape index (κ2) is 10.7. The summed E-state index contributed by atoms with van der Waals surface area (Å²) in [6.07, 6.45) is 3.71. The van der Waals surface area contributed by atoms with Gasteiger partial charge in [-0.05, 0) is 60.7 Å². The van der Waals surface area contributed by atoms with Crippen LogP contribution in [0.5, 0.6) is 11.5 Å². The Hall–Kier alpha value is -6.08. The summed E-state index contributed by atoms with van der Waals surface area (Å²) >= 11 is 0. The molecule has 5 aromatic carbocycles. The van der Waals surface area contributed by atoms with E-state index in [9.17, 15) is 0 Å². The van der Waals surface area contributed by atoms with Crippen molar-refractivity contribution in [2.24, 2.45) is 5.10 Å². The quantitative estimate of drug-likeness (QED) is 0.190. The van der Waals surface area contributed by atoms with Gasteiger partial charge in [-0.3, -0.25) is 4.57 Å². The second-order valence-corrected chi connectivity index (χ2v) is 13.0. The van der Waals surface area contributed by atoms with E-state index >= 15 is 0 Å². The van der Waals surface area contributed by atoms with Gasteiger partial charge in [0.2, 0.25) is 0 Å². The Bertz CT molecular complexity index is 2380. The number of hydrogen-bond donors (Lipinski definition) is 0. The monoisotopic (exact) mass is 626 g/mol. The zero-order valence-corrected chi connectivity index (χ0v) is 27.1. The minimum atomic E-state index is -0.252. The van der Waals surface area contributed by atoms with Crippen LogP contribution in [0.3, 0.4) is 0 Å². The van der Waals surface area contributed by atoms with E-state index in [1.165, 1.54) is 16.3 Å². The summed E-state index contributed by atoms with van der Waals surface area (Å²) in [6, 6.07) is 44.8. The number of benzene rings is 5. The first-order chi connectivity index (χ1) is 23.5. The minimum absolute atomic E-state index is 0.252. The summed E-state index contributed by atoms with van der Waals surface area (Å²) in [5.74, 6) is 2.62. The lowest BCUT2D eigenvalue weighted by molar-refractivity contribution is 0.419. The molecule has 0 N–H and O–H groups in total. The van der Waals surface area contributed by atoms with Crippen LogP contribution in [0.2, 0.25) is 0 Å². The van der Waals surface area contributed by atoms with Crippen molar-refractivity contribution in [3.05, 3.63) is 145 Å². The van der Waals surface area contributed by atoms with Gasteiger partial charge in [-0.15, -0.1) is 0 Å². The predicted molar refractivity (Wildman–Crippen MR) is 196 cm³/mol. The maximum atomic E-state index is 6.84. The largest absolute Gasteiger partial charge is 0.455 e. The molecular formula is C41H34N6O. The Labute approximate surface area is 279 Å². The number of pyridine rings is 1. The van der Waals surface area contributed by atoms with Gasteiger partial charge in [0.05, 0.1) is 22.4 Å². The summed E-state index contributed by atoms with van der Waals surface area (Å²) in [7, 11) is 2.03. The maximum absolute atomic E-state index is 6.84. The van der Waals surface area contributed by atoms with Crippen molar-refractivity contribution in [1.29, 1.82) is 0 Å². The number of anilines is 4. The summed E-state index contributed by atoms with van der Waals surface area (Å²) in [5, 5.41) is 9.01. The zero-order valence-electron chi connectivity index (χ0n) is 27.1. The van der Waals surface area contributed by atoms with Gasteiger partial charge in [0, 0.05) is 51.9 Å². The van der Waals surface area contributed by atoms with Crippen LogP contribution < -0.4 is 14.6 Å². The highest BCUT2D eigenvalue weighted by molar-refractivity contribution is 6.10. The molecule has 0 fully saturated rings. The molecule has 9 rings (SSSR count). The molecule has 0 bridgehead atoms. The fourth-order valence-corrected chi connectivity index (χ4v) is 7.26. The van der Waals surface area contributed by atoms with Gasteiger partial charge in [0.25, 0.3) is 0 Å². The van der Waals surface area contributed by atoms with E-state index in [4.69, 9.17) is 9.72 Å². The summed E-state index contributed by atoms with van der Waals surface area (Å²) in [5.41, 5.74) is 8.27. The zero-order chi connectivity index (χ0) is 32.4. The summed E-state index contributed by atoms with van der Waals surface area (Å²) in [6.45, 7) is 5.25. The molecule has 48 heavy (non-hydrogen) atoms. The molecule has 0 aliphatic carbocycles. The van der Waals surface area contributed by atoms with Gasteiger partial charge in [-0.2, -0.15) is 5.10 Å². The number of rotatable bonds is 5. The Morgan fingerprint density at radius 2 is 1.48 bits per heavy atom. The number of ether oxygens (including phenoxy) is 1. The average molecular weight is 627 g/mol. The Balaban J connectivity index is 1.30. The van der Waals surface area contributed by atoms with E-state index in [0.29, 0.717) is 6.67 Å². The highest BCUT2D eigenvalue weighted by Crippen LogP contribution is 2.53. The van der Waals surface area contributed by atoms with Crippen LogP contribution in [-0.4, -0.2) is 34.5 Å². The normalized spacial score (nSPS) is 14.6. The van der Waals surface area contributed by atoms with Crippen molar-refractivity contribution >= 4 is 50.9 Å². The molecule has 0 saturated heterocycles. The van der Waals surface area contributed by atoms with E-state index in [2.05, 4.69) is 143 Å². The van der Waals surface area contributed by atoms with Crippen LogP contribution in [0.15, 0.2) is 139 Å². The van der Waals surface area contributed by atoms with Gasteiger partial charge in [-0.25, -0.2) is 9.99 Å². The first-order valence-electron chi connectivity index (χ1n) is 16.2. The standard InChI is InChI=1S/C41H34N6O/c1-41(2)33-15-5-7-19-38(33)48-40-34(41)16-11-18-36(40)46(29-13-10-12-28(24-29)45-27-44(3)26-43-45)30-21-22-32-31-14-4-6-17-35(31)47(37(32)25-30)39-20-8-9-23-42-39/h4-26H,27H2,1-3H3. The molecule has 0 unspecified atom stereocenters. The fourth-order valence-electron chi connectivity index (χ4n) is 7.26. The molecule has 7 heteroatoms. The number of para-hydroxylation sites is 3. The highest BCUT2D eigenvalue weighted by Gasteiger charge is 2.36. The Morgan fingerprint density at radius 3 is 2.33 bits per heavy atom. The van der Waals surface area contributed by atoms with Crippen molar-refractivity contribution in [3.63, 3.8) is 0 Å². The fraction of sp³-hybridized carbons (Fsp3) is 0.122. The van der Waals surface area contributed by atoms with Crippen LogP contribution in [0.1, 0.15) is 25.0 Å². The van der Waals surface area contributed by atoms with Crippen LogP contribution >= 0.6 is 0 Å². The van der Waals surface area contributed by atoms with Gasteiger partial charge in [0.1, 0.15) is 24.6 Å². The third-order valence-electron chi connectivity index (χ3n) is 9.61. The van der Waals surface area contributed by atoms with Gasteiger partial charge in [0.15, 0.2) is 5.75 Å². The maximum Gasteiger partial charge on any atom is 0.155 e. The lowest BCUT2D eigenvalue weighted by Crippen LogP contribution is -2.25. The number of hydrogen-bond acceptors (Lipinski definition) is 6. The Morgan fingerprint density at radius 1 is 0.708 bits per heavy atom. The molecule has 2 aliphatic heterocycles. The topological polar surface area (TPSA) is 49.1 Å². The second-order valence-electron chi connectivity index (χ2n) is 13.0. The van der Waals surface area contributed by atoms with Crippen LogP contribution in [0.25, 0.3) is 27.6 Å². The van der Waals surface area contributed by atoms with Gasteiger partial charge in [-0.1, -0.05) is 80.6 Å². The van der Waals surface area contributed by atoms with Crippen LogP contribution in [0.4, 0.5) is 22.7 Å². The summed E-state index contributed by atoms with van der Waals surface area (Å²) in [4.78, 5) is 9.16. The highest BCUT2D eigenvalue weighted by atomic mass is 16.5. The molecule has 234 valence electrons. The number of aromatic nitrogens is 2. The predicted octanol–water partition coefficient (Wildman–Crippen LogP) is 9.73. The molecule has 7 aromatic rings. The van der Waals surface area contributed by atoms with Crippen molar-refractivity contribution in [2.45, 2.75) is 19.3 Å². The summed E-state index contributed by atoms with van der Waals surface area (Å²) < 4.78 is 9.10. The minimum Gasteiger partial charge on any atom is -0.455 e. The van der Waals surface area contributed by atoms with Crippen molar-refractivity contribution < 1.29 is 4.74 Å². The Kier molecular flexibility index (Phi) is 6.30.